The summed E-state index contributed by atoms with van der Waals surface area (Å²) in [5.41, 5.74) is 0.876. The third-order valence-electron chi connectivity index (χ3n) is 4.24. The van der Waals surface area contributed by atoms with Crippen LogP contribution in [0, 0.1) is 5.82 Å². The Morgan fingerprint density at radius 1 is 1.19 bits per heavy atom. The maximum Gasteiger partial charge on any atom is 0.355 e. The Kier molecular flexibility index (Phi) is 3.76. The standard InChI is InChI=1S/C16H16FNO2S/c17-12-6-4-11(5-7-12)16(8-2-1-3-9-16)15-18-13(10-21-15)14(19)20/h4-7,10H,1-3,8-9H2,(H,19,20). The molecule has 1 N–H and O–H groups in total. The molecule has 3 rings (SSSR count). The predicted molar refractivity (Wildman–Crippen MR) is 79.3 cm³/mol. The molecule has 5 heteroatoms. The number of aromatic nitrogens is 1. The molecule has 1 aliphatic rings. The van der Waals surface area contributed by atoms with Gasteiger partial charge in [-0.15, -0.1) is 11.3 Å². The first kappa shape index (κ1) is 14.2. The number of carbonyl (C=O) groups is 1. The van der Waals surface area contributed by atoms with Crippen molar-refractivity contribution in [3.05, 3.63) is 51.7 Å². The van der Waals surface area contributed by atoms with Crippen LogP contribution in [0.3, 0.4) is 0 Å². The molecule has 110 valence electrons. The highest BCUT2D eigenvalue weighted by Crippen LogP contribution is 2.45. The number of carboxylic acid groups (broad SMARTS) is 1. The van der Waals surface area contributed by atoms with Gasteiger partial charge in [0.1, 0.15) is 10.8 Å². The van der Waals surface area contributed by atoms with Crippen LogP contribution in [0.25, 0.3) is 0 Å². The smallest absolute Gasteiger partial charge is 0.355 e. The van der Waals surface area contributed by atoms with Crippen LogP contribution in [0.1, 0.15) is 53.2 Å². The molecule has 2 aromatic rings. The number of nitrogens with zero attached hydrogens (tertiary/aromatic N) is 1. The van der Waals surface area contributed by atoms with Crippen LogP contribution < -0.4 is 0 Å². The van der Waals surface area contributed by atoms with Gasteiger partial charge in [0.15, 0.2) is 5.69 Å². The maximum absolute atomic E-state index is 13.2. The highest BCUT2D eigenvalue weighted by molar-refractivity contribution is 7.10. The molecule has 21 heavy (non-hydrogen) atoms. The van der Waals surface area contributed by atoms with Crippen molar-refractivity contribution < 1.29 is 14.3 Å². The number of carboxylic acids is 1. The topological polar surface area (TPSA) is 50.2 Å². The van der Waals surface area contributed by atoms with Gasteiger partial charge in [-0.2, -0.15) is 0 Å². The van der Waals surface area contributed by atoms with Crippen molar-refractivity contribution in [1.82, 2.24) is 4.98 Å². The van der Waals surface area contributed by atoms with E-state index in [4.69, 9.17) is 5.11 Å². The molecule has 0 amide bonds. The first-order valence-electron chi connectivity index (χ1n) is 7.07. The fraction of sp³-hybridized carbons (Fsp3) is 0.375. The lowest BCUT2D eigenvalue weighted by Gasteiger charge is -2.36. The van der Waals surface area contributed by atoms with Crippen molar-refractivity contribution >= 4 is 17.3 Å². The molecular formula is C16H16FNO2S. The Hall–Kier alpha value is -1.75. The number of hydrogen-bond donors (Lipinski definition) is 1. The largest absolute Gasteiger partial charge is 0.476 e. The first-order valence-corrected chi connectivity index (χ1v) is 7.95. The lowest BCUT2D eigenvalue weighted by Crippen LogP contribution is -2.30. The number of rotatable bonds is 3. The summed E-state index contributed by atoms with van der Waals surface area (Å²) in [6.07, 6.45) is 5.22. The Morgan fingerprint density at radius 3 is 2.43 bits per heavy atom. The van der Waals surface area contributed by atoms with Gasteiger partial charge in [-0.3, -0.25) is 0 Å². The van der Waals surface area contributed by atoms with E-state index < -0.39 is 5.97 Å². The van der Waals surface area contributed by atoms with Gasteiger partial charge in [0.05, 0.1) is 0 Å². The normalized spacial score (nSPS) is 17.6. The Labute approximate surface area is 126 Å². The Morgan fingerprint density at radius 2 is 1.86 bits per heavy atom. The number of halogens is 1. The molecule has 1 aliphatic carbocycles. The molecule has 3 nitrogen and oxygen atoms in total. The quantitative estimate of drug-likeness (QED) is 0.923. The number of benzene rings is 1. The van der Waals surface area contributed by atoms with E-state index in [0.29, 0.717) is 0 Å². The monoisotopic (exact) mass is 305 g/mol. The first-order chi connectivity index (χ1) is 10.1. The van der Waals surface area contributed by atoms with Gasteiger partial charge < -0.3 is 5.11 Å². The van der Waals surface area contributed by atoms with Gasteiger partial charge >= 0.3 is 5.97 Å². The Bertz CT molecular complexity index is 645. The van der Waals surface area contributed by atoms with Crippen LogP contribution >= 0.6 is 11.3 Å². The van der Waals surface area contributed by atoms with Crippen molar-refractivity contribution in [1.29, 1.82) is 0 Å². The van der Waals surface area contributed by atoms with Crippen molar-refractivity contribution in [2.75, 3.05) is 0 Å². The molecule has 1 aromatic carbocycles. The summed E-state index contributed by atoms with van der Waals surface area (Å²) in [7, 11) is 0. The van der Waals surface area contributed by atoms with Crippen molar-refractivity contribution in [3.63, 3.8) is 0 Å². The van der Waals surface area contributed by atoms with E-state index in [0.717, 1.165) is 36.3 Å². The average molecular weight is 305 g/mol. The summed E-state index contributed by atoms with van der Waals surface area (Å²) in [4.78, 5) is 15.4. The van der Waals surface area contributed by atoms with E-state index in [9.17, 15) is 9.18 Å². The molecule has 0 radical (unpaired) electrons. The van der Waals surface area contributed by atoms with Gasteiger partial charge in [0.25, 0.3) is 0 Å². The minimum Gasteiger partial charge on any atom is -0.476 e. The van der Waals surface area contributed by atoms with Crippen LogP contribution in [0.5, 0.6) is 0 Å². The lowest BCUT2D eigenvalue weighted by atomic mass is 9.70. The van der Waals surface area contributed by atoms with Gasteiger partial charge in [-0.25, -0.2) is 14.2 Å². The summed E-state index contributed by atoms with van der Waals surface area (Å²) in [6.45, 7) is 0. The SMILES string of the molecule is O=C(O)c1csc(C2(c3ccc(F)cc3)CCCCC2)n1. The summed E-state index contributed by atoms with van der Waals surface area (Å²) in [5, 5.41) is 11.5. The molecule has 0 aliphatic heterocycles. The summed E-state index contributed by atoms with van der Waals surface area (Å²) in [5.74, 6) is -1.25. The summed E-state index contributed by atoms with van der Waals surface area (Å²) in [6, 6.07) is 6.56. The maximum atomic E-state index is 13.2. The van der Waals surface area contributed by atoms with Gasteiger partial charge in [0.2, 0.25) is 0 Å². The highest BCUT2D eigenvalue weighted by Gasteiger charge is 2.38. The molecule has 1 saturated carbocycles. The second-order valence-electron chi connectivity index (χ2n) is 5.49. The number of thiazole rings is 1. The molecule has 0 saturated heterocycles. The Balaban J connectivity index is 2.07. The highest BCUT2D eigenvalue weighted by atomic mass is 32.1. The van der Waals surface area contributed by atoms with E-state index in [-0.39, 0.29) is 16.9 Å². The fourth-order valence-electron chi connectivity index (χ4n) is 3.14. The van der Waals surface area contributed by atoms with E-state index in [1.165, 1.54) is 29.9 Å². The van der Waals surface area contributed by atoms with Crippen molar-refractivity contribution in [2.24, 2.45) is 0 Å². The van der Waals surface area contributed by atoms with Crippen molar-refractivity contribution in [2.45, 2.75) is 37.5 Å². The number of aromatic carboxylic acids is 1. The van der Waals surface area contributed by atoms with Crippen LogP contribution in [0.2, 0.25) is 0 Å². The lowest BCUT2D eigenvalue weighted by molar-refractivity contribution is 0.0691. The predicted octanol–water partition coefficient (Wildman–Crippen LogP) is 4.23. The summed E-state index contributed by atoms with van der Waals surface area (Å²) < 4.78 is 13.2. The zero-order valence-corrected chi connectivity index (χ0v) is 12.3. The molecule has 1 fully saturated rings. The van der Waals surface area contributed by atoms with E-state index in [1.54, 1.807) is 5.38 Å². The van der Waals surface area contributed by atoms with Gasteiger partial charge in [0, 0.05) is 10.8 Å². The molecule has 1 heterocycles. The zero-order valence-electron chi connectivity index (χ0n) is 11.5. The van der Waals surface area contributed by atoms with Crippen LogP contribution in [-0.4, -0.2) is 16.1 Å². The summed E-state index contributed by atoms with van der Waals surface area (Å²) >= 11 is 1.40. The fourth-order valence-corrected chi connectivity index (χ4v) is 4.22. The van der Waals surface area contributed by atoms with Crippen LogP contribution in [-0.2, 0) is 5.41 Å². The average Bonchev–Trinajstić information content (AvgIpc) is 2.99. The van der Waals surface area contributed by atoms with Crippen molar-refractivity contribution in [3.8, 4) is 0 Å². The van der Waals surface area contributed by atoms with E-state index in [1.807, 2.05) is 12.1 Å². The van der Waals surface area contributed by atoms with Crippen LogP contribution in [0.4, 0.5) is 4.39 Å². The van der Waals surface area contributed by atoms with E-state index in [2.05, 4.69) is 4.98 Å². The third kappa shape index (κ3) is 2.58. The number of hydrogen-bond acceptors (Lipinski definition) is 3. The molecule has 0 spiro atoms. The molecule has 1 aromatic heterocycles. The molecule has 0 unspecified atom stereocenters. The third-order valence-corrected chi connectivity index (χ3v) is 5.28. The molecule has 0 bridgehead atoms. The zero-order chi connectivity index (χ0) is 14.9. The van der Waals surface area contributed by atoms with E-state index >= 15 is 0 Å². The second kappa shape index (κ2) is 5.56. The van der Waals surface area contributed by atoms with Gasteiger partial charge in [-0.05, 0) is 30.5 Å². The minimum atomic E-state index is -0.998. The van der Waals surface area contributed by atoms with Gasteiger partial charge in [-0.1, -0.05) is 31.4 Å². The minimum absolute atomic E-state index is 0.0991. The van der Waals surface area contributed by atoms with Crippen LogP contribution in [0.15, 0.2) is 29.6 Å². The second-order valence-corrected chi connectivity index (χ2v) is 6.35. The molecule has 0 atom stereocenters. The molecular weight excluding hydrogens is 289 g/mol.